The zero-order valence-electron chi connectivity index (χ0n) is 15.6. The van der Waals surface area contributed by atoms with E-state index < -0.39 is 0 Å². The third-order valence-corrected chi connectivity index (χ3v) is 3.25. The van der Waals surface area contributed by atoms with Crippen molar-refractivity contribution in [2.45, 2.75) is 19.9 Å². The van der Waals surface area contributed by atoms with E-state index in [4.69, 9.17) is 9.47 Å². The third kappa shape index (κ3) is 12.9. The van der Waals surface area contributed by atoms with E-state index in [2.05, 4.69) is 20.9 Å². The predicted molar refractivity (Wildman–Crippen MR) is 115 cm³/mol. The summed E-state index contributed by atoms with van der Waals surface area (Å²) in [6, 6.07) is 9.80. The third-order valence-electron chi connectivity index (χ3n) is 3.25. The Hall–Kier alpha value is -1.39. The lowest BCUT2D eigenvalue weighted by Gasteiger charge is -2.11. The maximum Gasteiger partial charge on any atom is 0.242 e. The topological polar surface area (TPSA) is 84.0 Å². The molecule has 8 heteroatoms. The van der Waals surface area contributed by atoms with E-state index in [9.17, 15) is 4.79 Å². The molecule has 0 aliphatic heterocycles. The molecule has 0 heterocycles. The molecule has 0 saturated carbocycles. The smallest absolute Gasteiger partial charge is 0.242 e. The fourth-order valence-electron chi connectivity index (χ4n) is 1.97. The summed E-state index contributed by atoms with van der Waals surface area (Å²) in [6.07, 6.45) is 0.855. The van der Waals surface area contributed by atoms with Gasteiger partial charge >= 0.3 is 0 Å². The van der Waals surface area contributed by atoms with Crippen molar-refractivity contribution < 1.29 is 14.3 Å². The average molecular weight is 478 g/mol. The van der Waals surface area contributed by atoms with Crippen molar-refractivity contribution in [3.05, 3.63) is 35.9 Å². The van der Waals surface area contributed by atoms with Crippen molar-refractivity contribution in [3.8, 4) is 0 Å². The highest BCUT2D eigenvalue weighted by Gasteiger charge is 2.02. The van der Waals surface area contributed by atoms with Crippen LogP contribution in [0.15, 0.2) is 35.3 Å². The number of amides is 1. The molecule has 0 unspecified atom stereocenters. The summed E-state index contributed by atoms with van der Waals surface area (Å²) in [6.45, 7) is 5.92. The first kappa shape index (κ1) is 24.6. The summed E-state index contributed by atoms with van der Waals surface area (Å²) in [5.41, 5.74) is 1.07. The van der Waals surface area contributed by atoms with Crippen LogP contribution in [0.2, 0.25) is 0 Å². The standard InChI is InChI=1S/C18H30N4O3.HI/c1-3-19-18(20-10-7-11-25-13-12-24-2)22-15-17(23)21-14-16-8-5-4-6-9-16;/h4-6,8-9H,3,7,10-15H2,1-2H3,(H,21,23)(H2,19,20,22);1H. The lowest BCUT2D eigenvalue weighted by atomic mass is 10.2. The lowest BCUT2D eigenvalue weighted by Crippen LogP contribution is -2.39. The van der Waals surface area contributed by atoms with Crippen LogP contribution in [0.5, 0.6) is 0 Å². The number of rotatable bonds is 12. The minimum Gasteiger partial charge on any atom is -0.382 e. The fourth-order valence-corrected chi connectivity index (χ4v) is 1.97. The maximum absolute atomic E-state index is 11.9. The molecule has 0 saturated heterocycles. The van der Waals surface area contributed by atoms with Crippen LogP contribution in [-0.2, 0) is 20.8 Å². The van der Waals surface area contributed by atoms with Crippen molar-refractivity contribution in [1.29, 1.82) is 0 Å². The zero-order chi connectivity index (χ0) is 18.2. The molecule has 1 aromatic carbocycles. The summed E-state index contributed by atoms with van der Waals surface area (Å²) < 4.78 is 10.3. The van der Waals surface area contributed by atoms with E-state index >= 15 is 0 Å². The van der Waals surface area contributed by atoms with Gasteiger partial charge in [0.2, 0.25) is 5.91 Å². The number of aliphatic imine (C=N–C) groups is 1. The van der Waals surface area contributed by atoms with E-state index in [1.54, 1.807) is 7.11 Å². The number of ether oxygens (including phenoxy) is 2. The monoisotopic (exact) mass is 478 g/mol. The second-order valence-corrected chi connectivity index (χ2v) is 5.34. The molecule has 148 valence electrons. The molecule has 7 nitrogen and oxygen atoms in total. The lowest BCUT2D eigenvalue weighted by molar-refractivity contribution is -0.119. The molecule has 0 aliphatic rings. The number of benzene rings is 1. The Bertz CT molecular complexity index is 500. The first-order valence-corrected chi connectivity index (χ1v) is 8.65. The SMILES string of the molecule is CCNC(=NCC(=O)NCc1ccccc1)NCCCOCCOC.I. The number of methoxy groups -OCH3 is 1. The molecule has 0 spiro atoms. The van der Waals surface area contributed by atoms with Crippen LogP contribution in [0.25, 0.3) is 0 Å². The van der Waals surface area contributed by atoms with Crippen LogP contribution in [-0.4, -0.2) is 58.4 Å². The number of nitrogens with zero attached hydrogens (tertiary/aromatic N) is 1. The number of nitrogens with one attached hydrogen (secondary N) is 3. The Labute approximate surface area is 173 Å². The van der Waals surface area contributed by atoms with Gasteiger partial charge in [0.05, 0.1) is 13.2 Å². The maximum atomic E-state index is 11.9. The highest BCUT2D eigenvalue weighted by molar-refractivity contribution is 14.0. The molecule has 1 rings (SSSR count). The van der Waals surface area contributed by atoms with Gasteiger partial charge < -0.3 is 25.4 Å². The van der Waals surface area contributed by atoms with Crippen molar-refractivity contribution in [2.75, 3.05) is 46.6 Å². The number of carbonyl (C=O) groups excluding carboxylic acids is 1. The molecular formula is C18H31IN4O3. The largest absolute Gasteiger partial charge is 0.382 e. The van der Waals surface area contributed by atoms with E-state index in [1.807, 2.05) is 37.3 Å². The summed E-state index contributed by atoms with van der Waals surface area (Å²) in [5.74, 6) is 0.526. The molecule has 0 aliphatic carbocycles. The average Bonchev–Trinajstić information content (AvgIpc) is 2.64. The van der Waals surface area contributed by atoms with Gasteiger partial charge in [-0.15, -0.1) is 24.0 Å². The molecule has 0 aromatic heterocycles. The highest BCUT2D eigenvalue weighted by atomic mass is 127. The quantitative estimate of drug-likeness (QED) is 0.184. The van der Waals surface area contributed by atoms with E-state index in [-0.39, 0.29) is 36.4 Å². The van der Waals surface area contributed by atoms with Gasteiger partial charge in [0.15, 0.2) is 5.96 Å². The Balaban J connectivity index is 0.00000625. The first-order valence-electron chi connectivity index (χ1n) is 8.65. The van der Waals surface area contributed by atoms with Gasteiger partial charge in [-0.25, -0.2) is 4.99 Å². The van der Waals surface area contributed by atoms with Crippen LogP contribution >= 0.6 is 24.0 Å². The van der Waals surface area contributed by atoms with Gasteiger partial charge in [-0.3, -0.25) is 4.79 Å². The minimum atomic E-state index is -0.107. The Morgan fingerprint density at radius 3 is 2.54 bits per heavy atom. The summed E-state index contributed by atoms with van der Waals surface area (Å²) in [5, 5.41) is 9.17. The van der Waals surface area contributed by atoms with Gasteiger partial charge in [-0.1, -0.05) is 30.3 Å². The zero-order valence-corrected chi connectivity index (χ0v) is 18.0. The number of hydrogen-bond acceptors (Lipinski definition) is 4. The number of guanidine groups is 1. The van der Waals surface area contributed by atoms with E-state index in [0.29, 0.717) is 32.3 Å². The Morgan fingerprint density at radius 2 is 1.85 bits per heavy atom. The highest BCUT2D eigenvalue weighted by Crippen LogP contribution is 1.96. The van der Waals surface area contributed by atoms with Crippen LogP contribution < -0.4 is 16.0 Å². The molecule has 0 radical (unpaired) electrons. The molecule has 0 fully saturated rings. The second-order valence-electron chi connectivity index (χ2n) is 5.34. The van der Waals surface area contributed by atoms with E-state index in [0.717, 1.165) is 25.1 Å². The van der Waals surface area contributed by atoms with Crippen LogP contribution in [0.3, 0.4) is 0 Å². The summed E-state index contributed by atoms with van der Waals surface area (Å²) in [7, 11) is 1.65. The summed E-state index contributed by atoms with van der Waals surface area (Å²) in [4.78, 5) is 16.2. The number of carbonyl (C=O) groups is 1. The van der Waals surface area contributed by atoms with Gasteiger partial charge in [0, 0.05) is 33.4 Å². The molecule has 26 heavy (non-hydrogen) atoms. The van der Waals surface area contributed by atoms with Crippen LogP contribution in [0.1, 0.15) is 18.9 Å². The van der Waals surface area contributed by atoms with Crippen molar-refractivity contribution in [2.24, 2.45) is 4.99 Å². The van der Waals surface area contributed by atoms with E-state index in [1.165, 1.54) is 0 Å². The molecule has 0 bridgehead atoms. The van der Waals surface area contributed by atoms with Crippen molar-refractivity contribution in [1.82, 2.24) is 16.0 Å². The van der Waals surface area contributed by atoms with Gasteiger partial charge in [-0.2, -0.15) is 0 Å². The Kier molecular flexibility index (Phi) is 16.1. The van der Waals surface area contributed by atoms with Gasteiger partial charge in [-0.05, 0) is 18.9 Å². The normalized spacial score (nSPS) is 10.8. The molecule has 3 N–H and O–H groups in total. The molecule has 1 amide bonds. The van der Waals surface area contributed by atoms with Gasteiger partial charge in [0.1, 0.15) is 6.54 Å². The number of hydrogen-bond donors (Lipinski definition) is 3. The predicted octanol–water partition coefficient (Wildman–Crippen LogP) is 1.53. The van der Waals surface area contributed by atoms with Crippen LogP contribution in [0, 0.1) is 0 Å². The van der Waals surface area contributed by atoms with Crippen molar-refractivity contribution in [3.63, 3.8) is 0 Å². The second kappa shape index (κ2) is 17.0. The minimum absolute atomic E-state index is 0. The van der Waals surface area contributed by atoms with Crippen LogP contribution in [0.4, 0.5) is 0 Å². The first-order chi connectivity index (χ1) is 12.3. The molecule has 0 atom stereocenters. The molecular weight excluding hydrogens is 447 g/mol. The fraction of sp³-hybridized carbons (Fsp3) is 0.556. The van der Waals surface area contributed by atoms with Gasteiger partial charge in [0.25, 0.3) is 0 Å². The molecule has 1 aromatic rings. The number of halogens is 1. The Morgan fingerprint density at radius 1 is 1.08 bits per heavy atom. The summed E-state index contributed by atoms with van der Waals surface area (Å²) >= 11 is 0. The van der Waals surface area contributed by atoms with Crippen molar-refractivity contribution >= 4 is 35.8 Å².